The molecule has 2 N–H and O–H groups in total. The minimum atomic E-state index is -0.0474. The van der Waals surface area contributed by atoms with Crippen molar-refractivity contribution in [1.82, 2.24) is 9.88 Å². The Kier molecular flexibility index (Phi) is 5.08. The Morgan fingerprint density at radius 3 is 2.88 bits per heavy atom. The number of nitrogens with two attached hydrogens (primary N) is 1. The van der Waals surface area contributed by atoms with Gasteiger partial charge >= 0.3 is 0 Å². The molecule has 1 rings (SSSR count). The summed E-state index contributed by atoms with van der Waals surface area (Å²) < 4.78 is 0. The molecular weight excluding hydrogens is 242 g/mol. The van der Waals surface area contributed by atoms with E-state index < -0.39 is 0 Å². The highest BCUT2D eigenvalue weighted by atomic mass is 32.2. The average molecular weight is 259 g/mol. The zero-order valence-corrected chi connectivity index (χ0v) is 11.4. The van der Waals surface area contributed by atoms with Crippen molar-refractivity contribution in [3.05, 3.63) is 11.1 Å². The molecule has 1 heterocycles. The first-order chi connectivity index (χ1) is 7.60. The largest absolute Gasteiger partial charge is 0.375 e. The molecule has 0 saturated heterocycles. The van der Waals surface area contributed by atoms with E-state index in [1.165, 1.54) is 11.3 Å². The van der Waals surface area contributed by atoms with Crippen molar-refractivity contribution in [2.75, 3.05) is 24.8 Å². The summed E-state index contributed by atoms with van der Waals surface area (Å²) in [6.07, 6.45) is 2.99. The molecule has 1 aromatic heterocycles. The van der Waals surface area contributed by atoms with Crippen molar-refractivity contribution < 1.29 is 4.79 Å². The lowest BCUT2D eigenvalue weighted by Crippen LogP contribution is -2.38. The quantitative estimate of drug-likeness (QED) is 0.878. The maximum absolute atomic E-state index is 12.0. The number of carbonyl (C=O) groups is 1. The van der Waals surface area contributed by atoms with Gasteiger partial charge in [-0.1, -0.05) is 6.92 Å². The van der Waals surface area contributed by atoms with Crippen LogP contribution in [0.2, 0.25) is 0 Å². The molecule has 0 bridgehead atoms. The van der Waals surface area contributed by atoms with Crippen LogP contribution in [0.3, 0.4) is 0 Å². The molecule has 90 valence electrons. The van der Waals surface area contributed by atoms with Gasteiger partial charge in [-0.15, -0.1) is 11.3 Å². The molecule has 0 radical (unpaired) electrons. The molecule has 0 spiro atoms. The van der Waals surface area contributed by atoms with Crippen molar-refractivity contribution in [2.24, 2.45) is 0 Å². The molecule has 1 atom stereocenters. The molecular formula is C10H17N3OS2. The van der Waals surface area contributed by atoms with Crippen molar-refractivity contribution in [2.45, 2.75) is 19.4 Å². The first-order valence-electron chi connectivity index (χ1n) is 5.07. The molecule has 0 aliphatic heterocycles. The maximum Gasteiger partial charge on any atom is 0.273 e. The van der Waals surface area contributed by atoms with Crippen LogP contribution in [0.15, 0.2) is 5.38 Å². The van der Waals surface area contributed by atoms with E-state index in [1.54, 1.807) is 22.0 Å². The van der Waals surface area contributed by atoms with E-state index in [2.05, 4.69) is 11.9 Å². The van der Waals surface area contributed by atoms with Gasteiger partial charge in [0.05, 0.1) is 0 Å². The summed E-state index contributed by atoms with van der Waals surface area (Å²) in [5.74, 6) is 0.895. The van der Waals surface area contributed by atoms with E-state index >= 15 is 0 Å². The topological polar surface area (TPSA) is 59.2 Å². The predicted molar refractivity (Wildman–Crippen MR) is 71.1 cm³/mol. The van der Waals surface area contributed by atoms with Crippen LogP contribution < -0.4 is 5.73 Å². The smallest absolute Gasteiger partial charge is 0.273 e. The Balaban J connectivity index is 2.72. The number of nitrogen functional groups attached to an aromatic ring is 1. The van der Waals surface area contributed by atoms with Gasteiger partial charge in [0.2, 0.25) is 0 Å². The Labute approximate surface area is 104 Å². The fourth-order valence-corrected chi connectivity index (χ4v) is 2.81. The van der Waals surface area contributed by atoms with Crippen molar-refractivity contribution in [1.29, 1.82) is 0 Å². The number of anilines is 1. The molecule has 1 aromatic rings. The average Bonchev–Trinajstić information content (AvgIpc) is 2.70. The first kappa shape index (κ1) is 13.3. The lowest BCUT2D eigenvalue weighted by Gasteiger charge is -2.25. The summed E-state index contributed by atoms with van der Waals surface area (Å²) in [5.41, 5.74) is 5.97. The van der Waals surface area contributed by atoms with Crippen LogP contribution in [0.5, 0.6) is 0 Å². The van der Waals surface area contributed by atoms with Gasteiger partial charge in [-0.05, 0) is 12.7 Å². The number of thioether (sulfide) groups is 1. The van der Waals surface area contributed by atoms with E-state index in [9.17, 15) is 4.79 Å². The highest BCUT2D eigenvalue weighted by Gasteiger charge is 2.21. The molecule has 0 aliphatic rings. The van der Waals surface area contributed by atoms with Crippen LogP contribution in [0.1, 0.15) is 23.8 Å². The van der Waals surface area contributed by atoms with Gasteiger partial charge in [0, 0.05) is 24.2 Å². The van der Waals surface area contributed by atoms with E-state index in [-0.39, 0.29) is 11.9 Å². The zero-order valence-electron chi connectivity index (χ0n) is 9.77. The van der Waals surface area contributed by atoms with E-state index in [0.717, 1.165) is 12.2 Å². The van der Waals surface area contributed by atoms with Crippen molar-refractivity contribution in [3.63, 3.8) is 0 Å². The molecule has 0 saturated carbocycles. The summed E-state index contributed by atoms with van der Waals surface area (Å²) in [5, 5.41) is 2.15. The molecule has 1 amide bonds. The second-order valence-corrected chi connectivity index (χ2v) is 5.30. The number of carbonyl (C=O) groups excluding carboxylic acids is 1. The lowest BCUT2D eigenvalue weighted by atomic mass is 10.2. The van der Waals surface area contributed by atoms with Gasteiger partial charge in [0.25, 0.3) is 5.91 Å². The fraction of sp³-hybridized carbons (Fsp3) is 0.600. The number of thiazole rings is 1. The van der Waals surface area contributed by atoms with Crippen LogP contribution in [-0.2, 0) is 0 Å². The summed E-state index contributed by atoms with van der Waals surface area (Å²) in [4.78, 5) is 17.8. The second kappa shape index (κ2) is 6.10. The lowest BCUT2D eigenvalue weighted by molar-refractivity contribution is 0.0738. The molecule has 0 aromatic carbocycles. The molecule has 1 unspecified atom stereocenters. The fourth-order valence-electron chi connectivity index (χ4n) is 1.43. The number of rotatable bonds is 5. The molecule has 0 fully saturated rings. The van der Waals surface area contributed by atoms with Gasteiger partial charge in [-0.3, -0.25) is 4.79 Å². The number of aromatic nitrogens is 1. The highest BCUT2D eigenvalue weighted by Crippen LogP contribution is 2.16. The molecule has 0 aliphatic carbocycles. The van der Waals surface area contributed by atoms with Gasteiger partial charge in [-0.2, -0.15) is 11.8 Å². The van der Waals surface area contributed by atoms with E-state index in [1.807, 2.05) is 13.3 Å². The van der Waals surface area contributed by atoms with Crippen LogP contribution in [0.4, 0.5) is 5.13 Å². The number of nitrogens with zero attached hydrogens (tertiary/aromatic N) is 2. The van der Waals surface area contributed by atoms with Crippen LogP contribution in [0, 0.1) is 0 Å². The zero-order chi connectivity index (χ0) is 12.1. The molecule has 16 heavy (non-hydrogen) atoms. The standard InChI is InChI=1S/C10H17N3OS2/c1-4-7(5-15-3)13(2)9(14)8-6-16-10(11)12-8/h6-7H,4-5H2,1-3H3,(H2,11,12). The Morgan fingerprint density at radius 1 is 1.75 bits per heavy atom. The van der Waals surface area contributed by atoms with Crippen molar-refractivity contribution in [3.8, 4) is 0 Å². The van der Waals surface area contributed by atoms with Gasteiger partial charge < -0.3 is 10.6 Å². The number of hydrogen-bond donors (Lipinski definition) is 1. The third-order valence-corrected chi connectivity index (χ3v) is 3.83. The summed E-state index contributed by atoms with van der Waals surface area (Å²) in [7, 11) is 1.82. The summed E-state index contributed by atoms with van der Waals surface area (Å²) >= 11 is 3.04. The third-order valence-electron chi connectivity index (χ3n) is 2.44. The van der Waals surface area contributed by atoms with E-state index in [0.29, 0.717) is 10.8 Å². The van der Waals surface area contributed by atoms with Gasteiger partial charge in [-0.25, -0.2) is 4.98 Å². The normalized spacial score (nSPS) is 12.4. The maximum atomic E-state index is 12.0. The molecule has 4 nitrogen and oxygen atoms in total. The molecule has 6 heteroatoms. The van der Waals surface area contributed by atoms with Gasteiger partial charge in [0.1, 0.15) is 5.69 Å². The van der Waals surface area contributed by atoms with Crippen LogP contribution >= 0.6 is 23.1 Å². The highest BCUT2D eigenvalue weighted by molar-refractivity contribution is 7.98. The number of hydrogen-bond acceptors (Lipinski definition) is 5. The Morgan fingerprint density at radius 2 is 2.44 bits per heavy atom. The summed E-state index contributed by atoms with van der Waals surface area (Å²) in [6.45, 7) is 2.08. The van der Waals surface area contributed by atoms with Crippen LogP contribution in [0.25, 0.3) is 0 Å². The van der Waals surface area contributed by atoms with Gasteiger partial charge in [0.15, 0.2) is 5.13 Å². The third kappa shape index (κ3) is 3.12. The van der Waals surface area contributed by atoms with Crippen LogP contribution in [-0.4, -0.2) is 40.9 Å². The minimum absolute atomic E-state index is 0.0474. The second-order valence-electron chi connectivity index (χ2n) is 3.50. The summed E-state index contributed by atoms with van der Waals surface area (Å²) in [6, 6.07) is 0.255. The Hall–Kier alpha value is -0.750. The predicted octanol–water partition coefficient (Wildman–Crippen LogP) is 1.94. The Bertz CT molecular complexity index is 354. The number of amides is 1. The first-order valence-corrected chi connectivity index (χ1v) is 7.34. The monoisotopic (exact) mass is 259 g/mol. The minimum Gasteiger partial charge on any atom is -0.375 e. The van der Waals surface area contributed by atoms with Crippen molar-refractivity contribution >= 4 is 34.1 Å². The SMILES string of the molecule is CCC(CSC)N(C)C(=O)c1csc(N)n1. The van der Waals surface area contributed by atoms with E-state index in [4.69, 9.17) is 5.73 Å².